The maximum absolute atomic E-state index is 11.3. The first-order valence-corrected chi connectivity index (χ1v) is 6.43. The second-order valence-corrected chi connectivity index (χ2v) is 5.43. The number of carboxylic acids is 1. The molecule has 2 unspecified atom stereocenters. The number of aliphatic hydroxyl groups excluding tert-OH is 1. The first-order chi connectivity index (χ1) is 8.50. The molecule has 0 aliphatic rings. The van der Waals surface area contributed by atoms with Gasteiger partial charge in [0.05, 0.1) is 6.10 Å². The molecule has 0 amide bonds. The molecule has 0 saturated heterocycles. The Hall–Kier alpha value is -1.53. The van der Waals surface area contributed by atoms with Crippen LogP contribution in [0.3, 0.4) is 0 Å². The number of carbonyl (C=O) groups is 1. The fourth-order valence-electron chi connectivity index (χ4n) is 1.53. The molecule has 2 N–H and O–H groups in total. The van der Waals surface area contributed by atoms with Gasteiger partial charge in [-0.25, -0.2) is 9.78 Å². The van der Waals surface area contributed by atoms with Crippen LogP contribution < -0.4 is 0 Å². The van der Waals surface area contributed by atoms with Gasteiger partial charge in [-0.05, 0) is 19.1 Å². The first-order valence-electron chi connectivity index (χ1n) is 5.56. The lowest BCUT2D eigenvalue weighted by atomic mass is 10.3. The van der Waals surface area contributed by atoms with E-state index in [4.69, 9.17) is 0 Å². The van der Waals surface area contributed by atoms with Gasteiger partial charge in [0.15, 0.2) is 5.69 Å². The minimum Gasteiger partial charge on any atom is -0.476 e. The third kappa shape index (κ3) is 2.34. The number of fused-ring (bicyclic) bond motifs is 1. The fourth-order valence-corrected chi connectivity index (χ4v) is 2.52. The zero-order valence-electron chi connectivity index (χ0n) is 10.1. The smallest absolute Gasteiger partial charge is 0.355 e. The average molecular weight is 266 g/mol. The van der Waals surface area contributed by atoms with E-state index in [2.05, 4.69) is 4.98 Å². The molecule has 2 heterocycles. The predicted molar refractivity (Wildman–Crippen MR) is 69.2 cm³/mol. The highest BCUT2D eigenvalue weighted by Gasteiger charge is 2.22. The first kappa shape index (κ1) is 12.9. The average Bonchev–Trinajstić information content (AvgIpc) is 2.66. The quantitative estimate of drug-likeness (QED) is 0.827. The van der Waals surface area contributed by atoms with Crippen LogP contribution >= 0.6 is 11.8 Å². The summed E-state index contributed by atoms with van der Waals surface area (Å²) in [6, 6.07) is 5.32. The van der Waals surface area contributed by atoms with Gasteiger partial charge in [-0.2, -0.15) is 0 Å². The standard InChI is InChI=1S/C12H14N2O3S/c1-7(15)8(2)18-11-10(12(16)17)14-6-4-3-5-9(14)13-11/h3-8,15H,1-2H3,(H,16,17). The van der Waals surface area contributed by atoms with E-state index in [-0.39, 0.29) is 10.9 Å². The Morgan fingerprint density at radius 2 is 2.17 bits per heavy atom. The van der Waals surface area contributed by atoms with Crippen LogP contribution in [0.4, 0.5) is 0 Å². The predicted octanol–water partition coefficient (Wildman–Crippen LogP) is 1.89. The lowest BCUT2D eigenvalue weighted by Crippen LogP contribution is -2.15. The molecule has 5 nitrogen and oxygen atoms in total. The van der Waals surface area contributed by atoms with Crippen molar-refractivity contribution < 1.29 is 15.0 Å². The Kier molecular flexibility index (Phi) is 3.58. The molecule has 2 rings (SSSR count). The van der Waals surface area contributed by atoms with E-state index < -0.39 is 12.1 Å². The molecule has 0 aliphatic heterocycles. The van der Waals surface area contributed by atoms with E-state index >= 15 is 0 Å². The lowest BCUT2D eigenvalue weighted by molar-refractivity contribution is 0.0685. The molecule has 96 valence electrons. The van der Waals surface area contributed by atoms with Crippen molar-refractivity contribution >= 4 is 23.4 Å². The molecule has 0 aromatic carbocycles. The fraction of sp³-hybridized carbons (Fsp3) is 0.333. The summed E-state index contributed by atoms with van der Waals surface area (Å²) in [6.45, 7) is 3.51. The summed E-state index contributed by atoms with van der Waals surface area (Å²) in [5, 5.41) is 19.1. The van der Waals surface area contributed by atoms with Crippen LogP contribution in [0.15, 0.2) is 29.4 Å². The summed E-state index contributed by atoms with van der Waals surface area (Å²) >= 11 is 1.27. The molecule has 0 saturated carbocycles. The van der Waals surface area contributed by atoms with Crippen LogP contribution in [0.25, 0.3) is 5.65 Å². The number of rotatable bonds is 4. The van der Waals surface area contributed by atoms with Crippen LogP contribution in [0.2, 0.25) is 0 Å². The van der Waals surface area contributed by atoms with Crippen molar-refractivity contribution in [1.29, 1.82) is 0 Å². The highest BCUT2D eigenvalue weighted by molar-refractivity contribution is 8.00. The third-order valence-electron chi connectivity index (χ3n) is 2.68. The molecule has 0 spiro atoms. The van der Waals surface area contributed by atoms with E-state index in [0.717, 1.165) is 0 Å². The molecule has 2 atom stereocenters. The highest BCUT2D eigenvalue weighted by atomic mass is 32.2. The van der Waals surface area contributed by atoms with Gasteiger partial charge >= 0.3 is 5.97 Å². The normalized spacial score (nSPS) is 14.6. The topological polar surface area (TPSA) is 74.8 Å². The zero-order chi connectivity index (χ0) is 13.3. The third-order valence-corrected chi connectivity index (χ3v) is 3.95. The summed E-state index contributed by atoms with van der Waals surface area (Å²) < 4.78 is 1.54. The van der Waals surface area contributed by atoms with Crippen molar-refractivity contribution in [3.63, 3.8) is 0 Å². The van der Waals surface area contributed by atoms with Crippen molar-refractivity contribution in [3.05, 3.63) is 30.1 Å². The zero-order valence-corrected chi connectivity index (χ0v) is 10.9. The Bertz CT molecular complexity index is 580. The number of aromatic carboxylic acids is 1. The minimum atomic E-state index is -1.02. The number of carboxylic acid groups (broad SMARTS) is 1. The van der Waals surface area contributed by atoms with E-state index in [9.17, 15) is 15.0 Å². The minimum absolute atomic E-state index is 0.118. The second-order valence-electron chi connectivity index (χ2n) is 4.06. The SMILES string of the molecule is CC(O)C(C)Sc1nc2ccccn2c1C(=O)O. The van der Waals surface area contributed by atoms with Crippen LogP contribution in [0, 0.1) is 0 Å². The highest BCUT2D eigenvalue weighted by Crippen LogP contribution is 2.28. The number of hydrogen-bond donors (Lipinski definition) is 2. The Labute approximate surface area is 108 Å². The Morgan fingerprint density at radius 3 is 2.78 bits per heavy atom. The van der Waals surface area contributed by atoms with Crippen molar-refractivity contribution in [1.82, 2.24) is 9.38 Å². The van der Waals surface area contributed by atoms with Crippen LogP contribution in [-0.4, -0.2) is 36.9 Å². The maximum Gasteiger partial charge on any atom is 0.355 e. The van der Waals surface area contributed by atoms with E-state index in [1.54, 1.807) is 35.7 Å². The van der Waals surface area contributed by atoms with Crippen LogP contribution in [-0.2, 0) is 0 Å². The van der Waals surface area contributed by atoms with Gasteiger partial charge < -0.3 is 10.2 Å². The lowest BCUT2D eigenvalue weighted by Gasteiger charge is -2.12. The summed E-state index contributed by atoms with van der Waals surface area (Å²) in [6.07, 6.45) is 1.14. The van der Waals surface area contributed by atoms with Crippen LogP contribution in [0.5, 0.6) is 0 Å². The van der Waals surface area contributed by atoms with E-state index in [1.807, 2.05) is 6.92 Å². The summed E-state index contributed by atoms with van der Waals surface area (Å²) in [4.78, 5) is 15.6. The van der Waals surface area contributed by atoms with Gasteiger partial charge in [0.1, 0.15) is 10.7 Å². The number of aliphatic hydroxyl groups is 1. The van der Waals surface area contributed by atoms with Gasteiger partial charge in [-0.15, -0.1) is 0 Å². The largest absolute Gasteiger partial charge is 0.476 e. The van der Waals surface area contributed by atoms with Crippen LogP contribution in [0.1, 0.15) is 24.3 Å². The Balaban J connectivity index is 2.49. The molecule has 6 heteroatoms. The number of thioether (sulfide) groups is 1. The second kappa shape index (κ2) is 4.99. The number of aromatic nitrogens is 2. The summed E-state index contributed by atoms with van der Waals surface area (Å²) in [5.74, 6) is -1.02. The maximum atomic E-state index is 11.3. The van der Waals surface area contributed by atoms with E-state index in [0.29, 0.717) is 10.7 Å². The van der Waals surface area contributed by atoms with Gasteiger partial charge in [0, 0.05) is 11.4 Å². The monoisotopic (exact) mass is 266 g/mol. The summed E-state index contributed by atoms with van der Waals surface area (Å²) in [5.41, 5.74) is 0.735. The molecule has 2 aromatic rings. The molecule has 0 fully saturated rings. The van der Waals surface area contributed by atoms with Gasteiger partial charge in [-0.3, -0.25) is 4.40 Å². The molecule has 18 heavy (non-hydrogen) atoms. The molecule has 0 bridgehead atoms. The van der Waals surface area contributed by atoms with E-state index in [1.165, 1.54) is 11.8 Å². The number of nitrogens with zero attached hydrogens (tertiary/aromatic N) is 2. The molecule has 0 radical (unpaired) electrons. The van der Waals surface area contributed by atoms with Crippen molar-refractivity contribution in [2.24, 2.45) is 0 Å². The van der Waals surface area contributed by atoms with Crippen molar-refractivity contribution in [2.75, 3.05) is 0 Å². The number of pyridine rings is 1. The molecule has 0 aliphatic carbocycles. The van der Waals surface area contributed by atoms with Gasteiger partial charge in [0.25, 0.3) is 0 Å². The Morgan fingerprint density at radius 1 is 1.44 bits per heavy atom. The molecular formula is C12H14N2O3S. The van der Waals surface area contributed by atoms with Gasteiger partial charge in [0.2, 0.25) is 0 Å². The molecule has 2 aromatic heterocycles. The van der Waals surface area contributed by atoms with Crippen molar-refractivity contribution in [3.8, 4) is 0 Å². The van der Waals surface area contributed by atoms with Gasteiger partial charge in [-0.1, -0.05) is 24.8 Å². The summed E-state index contributed by atoms with van der Waals surface area (Å²) in [7, 11) is 0. The van der Waals surface area contributed by atoms with Crippen molar-refractivity contribution in [2.45, 2.75) is 30.2 Å². The number of imidazole rings is 1. The molecular weight excluding hydrogens is 252 g/mol. The number of hydrogen-bond acceptors (Lipinski definition) is 4.